The van der Waals surface area contributed by atoms with Crippen molar-refractivity contribution < 1.29 is 4.79 Å². The number of piperazine rings is 1. The number of nitrogens with one attached hydrogen (secondary N) is 1. The third-order valence-corrected chi connectivity index (χ3v) is 5.73. The highest BCUT2D eigenvalue weighted by atomic mass is 32.1. The molecule has 1 aliphatic rings. The maximum atomic E-state index is 12.8. The van der Waals surface area contributed by atoms with Crippen molar-refractivity contribution in [2.24, 2.45) is 7.05 Å². The Balaban J connectivity index is 0.00000256. The quantitative estimate of drug-likeness (QED) is 0.640. The Morgan fingerprint density at radius 1 is 1.20 bits per heavy atom. The number of hydrogen-bond donors (Lipinski definition) is 2. The van der Waals surface area contributed by atoms with Crippen LogP contribution in [0.5, 0.6) is 0 Å². The zero-order valence-electron chi connectivity index (χ0n) is 16.8. The minimum absolute atomic E-state index is 0. The molecule has 1 aliphatic heterocycles. The molecule has 1 saturated heterocycles. The van der Waals surface area contributed by atoms with Gasteiger partial charge in [-0.25, -0.2) is 0 Å². The van der Waals surface area contributed by atoms with E-state index in [0.717, 1.165) is 22.6 Å². The van der Waals surface area contributed by atoms with E-state index in [1.54, 1.807) is 19.0 Å². The van der Waals surface area contributed by atoms with Crippen molar-refractivity contribution in [1.82, 2.24) is 24.4 Å². The molecular weight excluding hydrogens is 404 g/mol. The first-order chi connectivity index (χ1) is 14.1. The fourth-order valence-electron chi connectivity index (χ4n) is 3.68. The summed E-state index contributed by atoms with van der Waals surface area (Å²) in [4.78, 5) is 29.2. The molecule has 0 atom stereocenters. The second-order valence-corrected chi connectivity index (χ2v) is 7.24. The van der Waals surface area contributed by atoms with Crippen molar-refractivity contribution in [3.05, 3.63) is 45.9 Å². The van der Waals surface area contributed by atoms with Gasteiger partial charge in [-0.3, -0.25) is 9.59 Å². The lowest BCUT2D eigenvalue weighted by Gasteiger charge is -2.36. The molecule has 30 heavy (non-hydrogen) atoms. The number of para-hydroxylation sites is 1. The highest BCUT2D eigenvalue weighted by molar-refractivity contribution is 6.99. The molecule has 1 fully saturated rings. The summed E-state index contributed by atoms with van der Waals surface area (Å²) in [6.07, 6.45) is 0. The SMILES string of the molecule is CNc1nsnc1C(=O)N1CCN(c2c(C#N)c(=O)n(C)c3ccccc23)CC1.N. The van der Waals surface area contributed by atoms with Crippen molar-refractivity contribution in [3.8, 4) is 6.07 Å². The standard InChI is InChI=1S/C19H19N7O2S.H3N/c1-21-17-15(22-29-23-17)19(28)26-9-7-25(8-10-26)16-12-5-3-4-6-14(12)24(2)18(27)13(16)11-20;/h3-6H,7-10H2,1-2H3,(H,21,23);1H3. The molecule has 0 bridgehead atoms. The van der Waals surface area contributed by atoms with Crippen molar-refractivity contribution in [1.29, 1.82) is 5.26 Å². The van der Waals surface area contributed by atoms with Gasteiger partial charge in [-0.1, -0.05) is 18.2 Å². The summed E-state index contributed by atoms with van der Waals surface area (Å²) in [5.74, 6) is 0.309. The van der Waals surface area contributed by atoms with Crippen LogP contribution in [0.4, 0.5) is 11.5 Å². The van der Waals surface area contributed by atoms with Crippen LogP contribution in [0.25, 0.3) is 10.9 Å². The molecule has 3 heterocycles. The number of amides is 1. The van der Waals surface area contributed by atoms with E-state index in [4.69, 9.17) is 0 Å². The maximum absolute atomic E-state index is 12.8. The Kier molecular flexibility index (Phi) is 6.00. The third-order valence-electron chi connectivity index (χ3n) is 5.20. The maximum Gasteiger partial charge on any atom is 0.277 e. The van der Waals surface area contributed by atoms with Crippen LogP contribution in [-0.2, 0) is 7.05 Å². The van der Waals surface area contributed by atoms with Gasteiger partial charge in [0.15, 0.2) is 11.5 Å². The molecule has 0 unspecified atom stereocenters. The van der Waals surface area contributed by atoms with Crippen LogP contribution in [0.2, 0.25) is 0 Å². The Hall–Kier alpha value is -3.49. The van der Waals surface area contributed by atoms with E-state index in [0.29, 0.717) is 43.4 Å². The Labute approximate surface area is 177 Å². The van der Waals surface area contributed by atoms with Gasteiger partial charge in [0, 0.05) is 45.7 Å². The summed E-state index contributed by atoms with van der Waals surface area (Å²) >= 11 is 0.996. The fraction of sp³-hybridized carbons (Fsp3) is 0.316. The molecule has 0 radical (unpaired) electrons. The Morgan fingerprint density at radius 2 is 1.90 bits per heavy atom. The molecule has 11 heteroatoms. The van der Waals surface area contributed by atoms with Gasteiger partial charge in [0.2, 0.25) is 0 Å². The monoisotopic (exact) mass is 426 g/mol. The summed E-state index contributed by atoms with van der Waals surface area (Å²) in [5, 5.41) is 13.4. The van der Waals surface area contributed by atoms with Crippen molar-refractivity contribution in [2.75, 3.05) is 43.4 Å². The lowest BCUT2D eigenvalue weighted by Crippen LogP contribution is -2.49. The van der Waals surface area contributed by atoms with Gasteiger partial charge in [-0.05, 0) is 6.07 Å². The number of aryl methyl sites for hydroxylation is 1. The van der Waals surface area contributed by atoms with Crippen LogP contribution in [0.1, 0.15) is 16.1 Å². The van der Waals surface area contributed by atoms with E-state index in [1.807, 2.05) is 29.2 Å². The van der Waals surface area contributed by atoms with Crippen LogP contribution < -0.4 is 21.9 Å². The predicted octanol–water partition coefficient (Wildman–Crippen LogP) is 1.43. The van der Waals surface area contributed by atoms with E-state index in [2.05, 4.69) is 20.1 Å². The minimum atomic E-state index is -0.313. The molecule has 156 valence electrons. The molecular formula is C19H22N8O2S. The molecule has 4 rings (SSSR count). The molecule has 10 nitrogen and oxygen atoms in total. The van der Waals surface area contributed by atoms with Gasteiger partial charge in [0.1, 0.15) is 11.6 Å². The minimum Gasteiger partial charge on any atom is -0.370 e. The number of aromatic nitrogens is 3. The number of rotatable bonds is 3. The summed E-state index contributed by atoms with van der Waals surface area (Å²) < 4.78 is 9.69. The summed E-state index contributed by atoms with van der Waals surface area (Å²) in [5.41, 5.74) is 1.56. The zero-order valence-corrected chi connectivity index (χ0v) is 17.6. The largest absolute Gasteiger partial charge is 0.370 e. The third kappa shape index (κ3) is 3.36. The van der Waals surface area contributed by atoms with Gasteiger partial charge in [0.25, 0.3) is 11.5 Å². The Morgan fingerprint density at radius 3 is 2.57 bits per heavy atom. The molecule has 1 amide bonds. The van der Waals surface area contributed by atoms with E-state index < -0.39 is 0 Å². The van der Waals surface area contributed by atoms with E-state index in [1.165, 1.54) is 4.57 Å². The van der Waals surface area contributed by atoms with E-state index in [-0.39, 0.29) is 23.2 Å². The molecule has 1 aromatic carbocycles. The van der Waals surface area contributed by atoms with Gasteiger partial charge >= 0.3 is 0 Å². The number of fused-ring (bicyclic) bond motifs is 1. The number of carbonyl (C=O) groups excluding carboxylic acids is 1. The number of nitrogens with zero attached hydrogens (tertiary/aromatic N) is 6. The number of anilines is 2. The zero-order chi connectivity index (χ0) is 20.5. The molecule has 2 aromatic heterocycles. The topological polar surface area (TPSA) is 142 Å². The summed E-state index contributed by atoms with van der Waals surface area (Å²) in [6, 6.07) is 9.64. The molecule has 0 spiro atoms. The van der Waals surface area contributed by atoms with Gasteiger partial charge in [-0.2, -0.15) is 14.0 Å². The van der Waals surface area contributed by atoms with Crippen molar-refractivity contribution in [3.63, 3.8) is 0 Å². The molecule has 0 aliphatic carbocycles. The number of carbonyl (C=O) groups is 1. The normalized spacial score (nSPS) is 13.6. The van der Waals surface area contributed by atoms with Gasteiger partial charge in [-0.15, -0.1) is 0 Å². The van der Waals surface area contributed by atoms with Crippen LogP contribution in [0, 0.1) is 11.3 Å². The van der Waals surface area contributed by atoms with Gasteiger partial charge in [0.05, 0.1) is 22.9 Å². The second-order valence-electron chi connectivity index (χ2n) is 6.71. The first-order valence-corrected chi connectivity index (χ1v) is 9.86. The van der Waals surface area contributed by atoms with Crippen LogP contribution in [0.3, 0.4) is 0 Å². The first kappa shape index (κ1) is 21.2. The van der Waals surface area contributed by atoms with Crippen LogP contribution in [0.15, 0.2) is 29.1 Å². The van der Waals surface area contributed by atoms with Crippen LogP contribution in [-0.4, -0.2) is 57.3 Å². The average molecular weight is 427 g/mol. The number of hydrogen-bond acceptors (Lipinski definition) is 9. The predicted molar refractivity (Wildman–Crippen MR) is 116 cm³/mol. The summed E-state index contributed by atoms with van der Waals surface area (Å²) in [7, 11) is 3.38. The number of nitriles is 1. The second kappa shape index (κ2) is 8.48. The van der Waals surface area contributed by atoms with Crippen LogP contribution >= 0.6 is 11.7 Å². The molecule has 4 N–H and O–H groups in total. The van der Waals surface area contributed by atoms with Crippen molar-refractivity contribution >= 4 is 40.0 Å². The number of benzene rings is 1. The first-order valence-electron chi connectivity index (χ1n) is 9.13. The number of pyridine rings is 1. The average Bonchev–Trinajstić information content (AvgIpc) is 3.24. The summed E-state index contributed by atoms with van der Waals surface area (Å²) in [6.45, 7) is 1.97. The lowest BCUT2D eigenvalue weighted by molar-refractivity contribution is 0.0743. The van der Waals surface area contributed by atoms with Crippen molar-refractivity contribution in [2.45, 2.75) is 0 Å². The highest BCUT2D eigenvalue weighted by Gasteiger charge is 2.28. The van der Waals surface area contributed by atoms with E-state index in [9.17, 15) is 14.9 Å². The Bertz CT molecular complexity index is 1190. The highest BCUT2D eigenvalue weighted by Crippen LogP contribution is 2.29. The molecule has 3 aromatic rings. The lowest BCUT2D eigenvalue weighted by atomic mass is 10.1. The molecule has 0 saturated carbocycles. The smallest absolute Gasteiger partial charge is 0.277 e. The van der Waals surface area contributed by atoms with E-state index >= 15 is 0 Å². The fourth-order valence-corrected chi connectivity index (χ4v) is 4.23. The van der Waals surface area contributed by atoms with Gasteiger partial charge < -0.3 is 25.8 Å².